The molecule has 5 nitrogen and oxygen atoms in total. The molecule has 0 bridgehead atoms. The van der Waals surface area contributed by atoms with E-state index in [4.69, 9.17) is 4.42 Å². The standard InChI is InChI=1S/C15H16BrNO4S/c1-10-3-2-6-17(9-10)22(19,20)14-8-11-7-12(16)4-5-13(11)21-15(14)18/h4-5,7-8,10H,2-3,6,9H2,1H3/t10-/m0/s1. The third kappa shape index (κ3) is 2.85. The molecule has 1 aromatic heterocycles. The monoisotopic (exact) mass is 385 g/mol. The summed E-state index contributed by atoms with van der Waals surface area (Å²) in [4.78, 5) is 11.8. The van der Waals surface area contributed by atoms with Gasteiger partial charge >= 0.3 is 5.63 Å². The van der Waals surface area contributed by atoms with Gasteiger partial charge in [-0.05, 0) is 43.0 Å². The molecule has 1 aliphatic heterocycles. The number of fused-ring (bicyclic) bond motifs is 1. The van der Waals surface area contributed by atoms with E-state index in [1.165, 1.54) is 10.4 Å². The van der Waals surface area contributed by atoms with Crippen molar-refractivity contribution < 1.29 is 12.8 Å². The van der Waals surface area contributed by atoms with Crippen molar-refractivity contribution in [2.45, 2.75) is 24.7 Å². The van der Waals surface area contributed by atoms with Gasteiger partial charge in [0, 0.05) is 22.9 Å². The average molecular weight is 386 g/mol. The molecule has 0 radical (unpaired) electrons. The van der Waals surface area contributed by atoms with Gasteiger partial charge in [0.25, 0.3) is 0 Å². The lowest BCUT2D eigenvalue weighted by Gasteiger charge is -2.29. The first-order chi connectivity index (χ1) is 10.4. The predicted molar refractivity (Wildman–Crippen MR) is 87.3 cm³/mol. The number of benzene rings is 1. The molecule has 2 heterocycles. The molecule has 0 N–H and O–H groups in total. The minimum atomic E-state index is -3.82. The molecule has 1 atom stereocenters. The van der Waals surface area contributed by atoms with Crippen LogP contribution in [0.3, 0.4) is 0 Å². The van der Waals surface area contributed by atoms with Gasteiger partial charge < -0.3 is 4.42 Å². The molecule has 118 valence electrons. The second kappa shape index (κ2) is 5.79. The van der Waals surface area contributed by atoms with E-state index in [2.05, 4.69) is 15.9 Å². The summed E-state index contributed by atoms with van der Waals surface area (Å²) in [6.45, 7) is 2.91. The molecular formula is C15H16BrNO4S. The summed E-state index contributed by atoms with van der Waals surface area (Å²) in [5, 5.41) is 0.581. The van der Waals surface area contributed by atoms with Gasteiger partial charge in [-0.3, -0.25) is 0 Å². The molecule has 0 unspecified atom stereocenters. The summed E-state index contributed by atoms with van der Waals surface area (Å²) >= 11 is 3.33. The van der Waals surface area contributed by atoms with Crippen molar-refractivity contribution in [1.29, 1.82) is 0 Å². The fraction of sp³-hybridized carbons (Fsp3) is 0.400. The highest BCUT2D eigenvalue weighted by Gasteiger charge is 2.31. The van der Waals surface area contributed by atoms with Gasteiger partial charge in [0.15, 0.2) is 4.90 Å². The molecule has 2 aromatic rings. The zero-order chi connectivity index (χ0) is 15.9. The minimum Gasteiger partial charge on any atom is -0.422 e. The van der Waals surface area contributed by atoms with Crippen molar-refractivity contribution in [1.82, 2.24) is 4.31 Å². The highest BCUT2D eigenvalue weighted by Crippen LogP contribution is 2.25. The van der Waals surface area contributed by atoms with E-state index in [9.17, 15) is 13.2 Å². The first-order valence-corrected chi connectivity index (χ1v) is 9.35. The van der Waals surface area contributed by atoms with E-state index >= 15 is 0 Å². The maximum absolute atomic E-state index is 12.7. The molecule has 1 fully saturated rings. The van der Waals surface area contributed by atoms with E-state index < -0.39 is 15.6 Å². The van der Waals surface area contributed by atoms with Crippen LogP contribution in [0.25, 0.3) is 11.0 Å². The van der Waals surface area contributed by atoms with Crippen molar-refractivity contribution in [3.8, 4) is 0 Å². The van der Waals surface area contributed by atoms with E-state index in [1.807, 2.05) is 6.92 Å². The Hall–Kier alpha value is -1.18. The number of rotatable bonds is 2. The maximum Gasteiger partial charge on any atom is 0.356 e. The summed E-state index contributed by atoms with van der Waals surface area (Å²) in [5.74, 6) is 0.296. The van der Waals surface area contributed by atoms with Gasteiger partial charge in [0.1, 0.15) is 5.58 Å². The number of halogens is 1. The van der Waals surface area contributed by atoms with Crippen molar-refractivity contribution >= 4 is 36.9 Å². The summed E-state index contributed by atoms with van der Waals surface area (Å²) in [5.41, 5.74) is -0.438. The lowest BCUT2D eigenvalue weighted by Crippen LogP contribution is -2.40. The Balaban J connectivity index is 2.12. The molecule has 1 saturated heterocycles. The third-order valence-electron chi connectivity index (χ3n) is 3.90. The molecule has 0 saturated carbocycles. The van der Waals surface area contributed by atoms with Crippen LogP contribution in [0.2, 0.25) is 0 Å². The molecule has 0 amide bonds. The zero-order valence-electron chi connectivity index (χ0n) is 12.1. The Morgan fingerprint density at radius 1 is 1.32 bits per heavy atom. The zero-order valence-corrected chi connectivity index (χ0v) is 14.5. The molecule has 1 aliphatic rings. The van der Waals surface area contributed by atoms with Crippen LogP contribution in [0, 0.1) is 5.92 Å². The van der Waals surface area contributed by atoms with Crippen molar-refractivity contribution in [3.63, 3.8) is 0 Å². The SMILES string of the molecule is C[C@H]1CCCN(S(=O)(=O)c2cc3cc(Br)ccc3oc2=O)C1. The first-order valence-electron chi connectivity index (χ1n) is 7.11. The third-order valence-corrected chi connectivity index (χ3v) is 6.24. The topological polar surface area (TPSA) is 67.6 Å². The quantitative estimate of drug-likeness (QED) is 0.745. The van der Waals surface area contributed by atoms with Crippen LogP contribution in [0.1, 0.15) is 19.8 Å². The Morgan fingerprint density at radius 2 is 2.09 bits per heavy atom. The van der Waals surface area contributed by atoms with Crippen LogP contribution in [-0.2, 0) is 10.0 Å². The van der Waals surface area contributed by atoms with E-state index in [0.29, 0.717) is 30.0 Å². The summed E-state index contributed by atoms with van der Waals surface area (Å²) < 4.78 is 32.8. The predicted octanol–water partition coefficient (Wildman–Crippen LogP) is 2.98. The molecule has 0 aliphatic carbocycles. The van der Waals surface area contributed by atoms with E-state index in [-0.39, 0.29) is 4.90 Å². The van der Waals surface area contributed by atoms with Crippen LogP contribution in [0.4, 0.5) is 0 Å². The summed E-state index contributed by atoms with van der Waals surface area (Å²) in [6, 6.07) is 6.52. The average Bonchev–Trinajstić information content (AvgIpc) is 2.47. The van der Waals surface area contributed by atoms with Gasteiger partial charge in [-0.15, -0.1) is 0 Å². The number of hydrogen-bond acceptors (Lipinski definition) is 4. The molecule has 7 heteroatoms. The largest absolute Gasteiger partial charge is 0.422 e. The Kier molecular flexibility index (Phi) is 4.13. The van der Waals surface area contributed by atoms with Gasteiger partial charge in [-0.25, -0.2) is 13.2 Å². The Morgan fingerprint density at radius 3 is 2.82 bits per heavy atom. The second-order valence-electron chi connectivity index (χ2n) is 5.69. The number of nitrogens with zero attached hydrogens (tertiary/aromatic N) is 1. The Bertz CT molecular complexity index is 875. The molecule has 0 spiro atoms. The lowest BCUT2D eigenvalue weighted by atomic mass is 10.0. The van der Waals surface area contributed by atoms with Crippen LogP contribution >= 0.6 is 15.9 Å². The normalized spacial score (nSPS) is 20.4. The van der Waals surface area contributed by atoms with Crippen molar-refractivity contribution in [2.24, 2.45) is 5.92 Å². The van der Waals surface area contributed by atoms with Gasteiger partial charge in [-0.1, -0.05) is 22.9 Å². The number of sulfonamides is 1. The maximum atomic E-state index is 12.7. The number of hydrogen-bond donors (Lipinski definition) is 0. The molecular weight excluding hydrogens is 370 g/mol. The number of piperidine rings is 1. The fourth-order valence-corrected chi connectivity index (χ4v) is 4.76. The first kappa shape index (κ1) is 15.7. The molecule has 22 heavy (non-hydrogen) atoms. The second-order valence-corrected chi connectivity index (χ2v) is 8.51. The Labute approximate surface area is 137 Å². The van der Waals surface area contributed by atoms with Crippen LogP contribution in [0.5, 0.6) is 0 Å². The summed E-state index contributed by atoms with van der Waals surface area (Å²) in [6.07, 6.45) is 1.82. The van der Waals surface area contributed by atoms with Crippen LogP contribution < -0.4 is 5.63 Å². The highest BCUT2D eigenvalue weighted by molar-refractivity contribution is 9.10. The van der Waals surface area contributed by atoms with E-state index in [1.54, 1.807) is 18.2 Å². The minimum absolute atomic E-state index is 0.285. The lowest BCUT2D eigenvalue weighted by molar-refractivity contribution is 0.280. The fourth-order valence-electron chi connectivity index (χ4n) is 2.76. The van der Waals surface area contributed by atoms with E-state index in [0.717, 1.165) is 17.3 Å². The van der Waals surface area contributed by atoms with Crippen molar-refractivity contribution in [3.05, 3.63) is 39.2 Å². The smallest absolute Gasteiger partial charge is 0.356 e. The van der Waals surface area contributed by atoms with Gasteiger partial charge in [0.05, 0.1) is 0 Å². The highest BCUT2D eigenvalue weighted by atomic mass is 79.9. The van der Waals surface area contributed by atoms with Gasteiger partial charge in [0.2, 0.25) is 10.0 Å². The van der Waals surface area contributed by atoms with Gasteiger partial charge in [-0.2, -0.15) is 4.31 Å². The van der Waals surface area contributed by atoms with Crippen molar-refractivity contribution in [2.75, 3.05) is 13.1 Å². The van der Waals surface area contributed by atoms with Crippen LogP contribution in [0.15, 0.2) is 42.8 Å². The summed E-state index contributed by atoms with van der Waals surface area (Å²) in [7, 11) is -3.82. The molecule has 3 rings (SSSR count). The molecule has 1 aromatic carbocycles. The van der Waals surface area contributed by atoms with Crippen LogP contribution in [-0.4, -0.2) is 25.8 Å².